The molecule has 0 atom stereocenters. The molecule has 0 spiro atoms. The second kappa shape index (κ2) is 8.51. The fourth-order valence-electron chi connectivity index (χ4n) is 3.12. The molecular weight excluding hydrogens is 360 g/mol. The molecule has 8 nitrogen and oxygen atoms in total. The number of ether oxygens (including phenoxy) is 1. The standard InChI is InChI=1S/C20H24N4O4/c1-14-3-8-18(28-2)17(13-14)22-19(25)21-15-4-6-16(7-5-15)23-9-11-24(12-10-23)20(26)27/h3-8,13H,9-12H2,1-2H3,(H,26,27)(H2,21,22,25). The van der Waals surface area contributed by atoms with Crippen LogP contribution in [0, 0.1) is 6.92 Å². The minimum atomic E-state index is -0.879. The second-order valence-electron chi connectivity index (χ2n) is 6.59. The van der Waals surface area contributed by atoms with E-state index < -0.39 is 6.09 Å². The smallest absolute Gasteiger partial charge is 0.407 e. The Morgan fingerprint density at radius 2 is 1.68 bits per heavy atom. The number of anilines is 3. The molecule has 28 heavy (non-hydrogen) atoms. The summed E-state index contributed by atoms with van der Waals surface area (Å²) >= 11 is 0. The van der Waals surface area contributed by atoms with Gasteiger partial charge in [-0.3, -0.25) is 0 Å². The minimum absolute atomic E-state index is 0.355. The summed E-state index contributed by atoms with van der Waals surface area (Å²) in [6.07, 6.45) is -0.879. The highest BCUT2D eigenvalue weighted by atomic mass is 16.5. The van der Waals surface area contributed by atoms with E-state index in [0.717, 1.165) is 11.3 Å². The Morgan fingerprint density at radius 3 is 2.29 bits per heavy atom. The van der Waals surface area contributed by atoms with Crippen LogP contribution in [0.4, 0.5) is 26.7 Å². The van der Waals surface area contributed by atoms with Crippen LogP contribution in [0.2, 0.25) is 0 Å². The summed E-state index contributed by atoms with van der Waals surface area (Å²) in [4.78, 5) is 26.8. The molecule has 0 radical (unpaired) electrons. The van der Waals surface area contributed by atoms with Crippen LogP contribution in [-0.2, 0) is 0 Å². The quantitative estimate of drug-likeness (QED) is 0.751. The lowest BCUT2D eigenvalue weighted by molar-refractivity contribution is 0.142. The van der Waals surface area contributed by atoms with Crippen LogP contribution in [0.5, 0.6) is 5.75 Å². The topological polar surface area (TPSA) is 94.1 Å². The molecule has 3 N–H and O–H groups in total. The lowest BCUT2D eigenvalue weighted by Gasteiger charge is -2.34. The summed E-state index contributed by atoms with van der Waals surface area (Å²) in [6.45, 7) is 4.20. The van der Waals surface area contributed by atoms with Gasteiger partial charge >= 0.3 is 12.1 Å². The van der Waals surface area contributed by atoms with Crippen LogP contribution in [0.15, 0.2) is 42.5 Å². The van der Waals surface area contributed by atoms with E-state index in [2.05, 4.69) is 15.5 Å². The van der Waals surface area contributed by atoms with Gasteiger partial charge in [0.05, 0.1) is 12.8 Å². The molecule has 1 fully saturated rings. The summed E-state index contributed by atoms with van der Waals surface area (Å²) in [5, 5.41) is 14.6. The molecule has 0 aromatic heterocycles. The maximum atomic E-state index is 12.3. The third-order valence-corrected chi connectivity index (χ3v) is 4.64. The molecule has 2 aromatic rings. The van der Waals surface area contributed by atoms with E-state index >= 15 is 0 Å². The zero-order chi connectivity index (χ0) is 20.1. The lowest BCUT2D eigenvalue weighted by atomic mass is 10.2. The molecule has 0 unspecified atom stereocenters. The van der Waals surface area contributed by atoms with Crippen molar-refractivity contribution in [3.05, 3.63) is 48.0 Å². The number of aryl methyl sites for hydroxylation is 1. The highest BCUT2D eigenvalue weighted by Gasteiger charge is 2.20. The third-order valence-electron chi connectivity index (χ3n) is 4.64. The third kappa shape index (κ3) is 4.64. The summed E-state index contributed by atoms with van der Waals surface area (Å²) in [5.74, 6) is 0.594. The fraction of sp³-hybridized carbons (Fsp3) is 0.300. The molecule has 1 aliphatic rings. The van der Waals surface area contributed by atoms with Gasteiger partial charge in [0.15, 0.2) is 0 Å². The zero-order valence-electron chi connectivity index (χ0n) is 15.9. The number of benzene rings is 2. The fourth-order valence-corrected chi connectivity index (χ4v) is 3.12. The Balaban J connectivity index is 1.58. The van der Waals surface area contributed by atoms with Crippen molar-refractivity contribution in [1.29, 1.82) is 0 Å². The first-order chi connectivity index (χ1) is 13.5. The highest BCUT2D eigenvalue weighted by Crippen LogP contribution is 2.25. The number of carboxylic acid groups (broad SMARTS) is 1. The van der Waals surface area contributed by atoms with E-state index in [4.69, 9.17) is 9.84 Å². The number of urea groups is 1. The second-order valence-corrected chi connectivity index (χ2v) is 6.59. The predicted octanol–water partition coefficient (Wildman–Crippen LogP) is 3.45. The van der Waals surface area contributed by atoms with E-state index in [0.29, 0.717) is 43.3 Å². The largest absolute Gasteiger partial charge is 0.495 e. The average molecular weight is 384 g/mol. The number of hydrogen-bond acceptors (Lipinski definition) is 4. The van der Waals surface area contributed by atoms with Crippen molar-refractivity contribution in [3.63, 3.8) is 0 Å². The number of rotatable bonds is 4. The number of carbonyl (C=O) groups excluding carboxylic acids is 1. The van der Waals surface area contributed by atoms with Gasteiger partial charge in [0.25, 0.3) is 0 Å². The first-order valence-corrected chi connectivity index (χ1v) is 9.02. The molecule has 0 saturated carbocycles. The monoisotopic (exact) mass is 384 g/mol. The van der Waals surface area contributed by atoms with Crippen molar-refractivity contribution in [2.24, 2.45) is 0 Å². The van der Waals surface area contributed by atoms with Gasteiger partial charge in [0.1, 0.15) is 5.75 Å². The summed E-state index contributed by atoms with van der Waals surface area (Å²) in [5.41, 5.74) is 3.28. The van der Waals surface area contributed by atoms with Gasteiger partial charge in [0.2, 0.25) is 0 Å². The van der Waals surface area contributed by atoms with E-state index in [-0.39, 0.29) is 6.03 Å². The van der Waals surface area contributed by atoms with E-state index in [1.165, 1.54) is 4.90 Å². The first kappa shape index (κ1) is 19.3. The Labute approximate surface area is 163 Å². The Kier molecular flexibility index (Phi) is 5.88. The van der Waals surface area contributed by atoms with Crippen molar-refractivity contribution < 1.29 is 19.4 Å². The molecule has 1 aliphatic heterocycles. The molecule has 8 heteroatoms. The average Bonchev–Trinajstić information content (AvgIpc) is 2.69. The molecule has 2 aromatic carbocycles. The predicted molar refractivity (Wildman–Crippen MR) is 109 cm³/mol. The summed E-state index contributed by atoms with van der Waals surface area (Å²) in [6, 6.07) is 12.7. The minimum Gasteiger partial charge on any atom is -0.495 e. The highest BCUT2D eigenvalue weighted by molar-refractivity contribution is 6.00. The number of carbonyl (C=O) groups is 2. The number of amides is 3. The van der Waals surface area contributed by atoms with Crippen molar-refractivity contribution in [3.8, 4) is 5.75 Å². The molecule has 0 aliphatic carbocycles. The molecule has 0 bridgehead atoms. The molecule has 1 saturated heterocycles. The Morgan fingerprint density at radius 1 is 1.00 bits per heavy atom. The first-order valence-electron chi connectivity index (χ1n) is 9.02. The van der Waals surface area contributed by atoms with Crippen LogP contribution in [0.3, 0.4) is 0 Å². The van der Waals surface area contributed by atoms with E-state index in [9.17, 15) is 9.59 Å². The van der Waals surface area contributed by atoms with Gasteiger partial charge in [0, 0.05) is 37.6 Å². The zero-order valence-corrected chi connectivity index (χ0v) is 15.9. The Hall–Kier alpha value is -3.42. The SMILES string of the molecule is COc1ccc(C)cc1NC(=O)Nc1ccc(N2CCN(C(=O)O)CC2)cc1. The Bertz CT molecular complexity index is 846. The van der Waals surface area contributed by atoms with Crippen LogP contribution in [-0.4, -0.2) is 55.4 Å². The van der Waals surface area contributed by atoms with Gasteiger partial charge < -0.3 is 30.3 Å². The summed E-state index contributed by atoms with van der Waals surface area (Å²) < 4.78 is 5.27. The van der Waals surface area contributed by atoms with Gasteiger partial charge in [-0.25, -0.2) is 9.59 Å². The lowest BCUT2D eigenvalue weighted by Crippen LogP contribution is -2.48. The molecule has 1 heterocycles. The number of hydrogen-bond donors (Lipinski definition) is 3. The van der Waals surface area contributed by atoms with Crippen LogP contribution in [0.25, 0.3) is 0 Å². The van der Waals surface area contributed by atoms with Crippen LogP contribution < -0.4 is 20.3 Å². The van der Waals surface area contributed by atoms with Gasteiger partial charge in [-0.1, -0.05) is 6.07 Å². The molecular formula is C20H24N4O4. The maximum absolute atomic E-state index is 12.3. The normalized spacial score (nSPS) is 13.8. The number of nitrogens with zero attached hydrogens (tertiary/aromatic N) is 2. The number of nitrogens with one attached hydrogen (secondary N) is 2. The van der Waals surface area contributed by atoms with Gasteiger partial charge in [-0.15, -0.1) is 0 Å². The van der Waals surface area contributed by atoms with Crippen molar-refractivity contribution >= 4 is 29.2 Å². The van der Waals surface area contributed by atoms with Gasteiger partial charge in [-0.05, 0) is 48.9 Å². The maximum Gasteiger partial charge on any atom is 0.407 e. The van der Waals surface area contributed by atoms with Gasteiger partial charge in [-0.2, -0.15) is 0 Å². The molecule has 3 rings (SSSR count). The molecule has 148 valence electrons. The number of methoxy groups -OCH3 is 1. The van der Waals surface area contributed by atoms with Crippen molar-refractivity contribution in [1.82, 2.24) is 4.90 Å². The van der Waals surface area contributed by atoms with Crippen LogP contribution in [0.1, 0.15) is 5.56 Å². The van der Waals surface area contributed by atoms with E-state index in [1.54, 1.807) is 7.11 Å². The summed E-state index contributed by atoms with van der Waals surface area (Å²) in [7, 11) is 1.56. The molecule has 3 amide bonds. The van der Waals surface area contributed by atoms with Crippen LogP contribution >= 0.6 is 0 Å². The van der Waals surface area contributed by atoms with Crippen molar-refractivity contribution in [2.75, 3.05) is 48.8 Å². The number of piperazine rings is 1. The van der Waals surface area contributed by atoms with Crippen molar-refractivity contribution in [2.45, 2.75) is 6.92 Å². The van der Waals surface area contributed by atoms with E-state index in [1.807, 2.05) is 49.4 Å².